The number of rotatable bonds is 3. The summed E-state index contributed by atoms with van der Waals surface area (Å²) in [6, 6.07) is 4.74. The molecule has 0 fully saturated rings. The molecule has 0 saturated heterocycles. The summed E-state index contributed by atoms with van der Waals surface area (Å²) in [6.07, 6.45) is 3.35. The largest absolute Gasteiger partial charge is 0.348 e. The second-order valence-corrected chi connectivity index (χ2v) is 7.65. The van der Waals surface area contributed by atoms with E-state index in [2.05, 4.69) is 48.2 Å². The predicted molar refractivity (Wildman–Crippen MR) is 86.2 cm³/mol. The van der Waals surface area contributed by atoms with Gasteiger partial charge in [-0.1, -0.05) is 13.8 Å². The molecular weight excluding hydrogens is 264 g/mol. The molecule has 1 aliphatic carbocycles. The Hall–Kier alpha value is -1.06. The van der Waals surface area contributed by atoms with Gasteiger partial charge < -0.3 is 10.3 Å². The topological polar surface area (TPSA) is 30.9 Å². The van der Waals surface area contributed by atoms with E-state index in [1.165, 1.54) is 22.5 Å². The van der Waals surface area contributed by atoms with Gasteiger partial charge in [0, 0.05) is 24.0 Å². The van der Waals surface area contributed by atoms with E-state index in [1.54, 1.807) is 11.3 Å². The molecule has 2 nitrogen and oxygen atoms in total. The van der Waals surface area contributed by atoms with Crippen molar-refractivity contribution >= 4 is 11.3 Å². The molecule has 2 heterocycles. The van der Waals surface area contributed by atoms with Crippen molar-refractivity contribution in [1.82, 2.24) is 4.57 Å². The maximum atomic E-state index is 6.38. The zero-order valence-corrected chi connectivity index (χ0v) is 13.5. The monoisotopic (exact) mass is 288 g/mol. The highest BCUT2D eigenvalue weighted by Gasteiger charge is 2.33. The van der Waals surface area contributed by atoms with Gasteiger partial charge in [-0.05, 0) is 65.6 Å². The van der Waals surface area contributed by atoms with E-state index in [9.17, 15) is 0 Å². The van der Waals surface area contributed by atoms with E-state index in [-0.39, 0.29) is 6.04 Å². The van der Waals surface area contributed by atoms with E-state index >= 15 is 0 Å². The molecule has 0 spiro atoms. The number of nitrogens with two attached hydrogens (primary N) is 1. The van der Waals surface area contributed by atoms with Gasteiger partial charge in [0.05, 0.1) is 0 Å². The summed E-state index contributed by atoms with van der Waals surface area (Å²) in [5.74, 6) is 0. The van der Waals surface area contributed by atoms with Crippen LogP contribution in [0.5, 0.6) is 0 Å². The lowest BCUT2D eigenvalue weighted by Gasteiger charge is -2.34. The average Bonchev–Trinajstić information content (AvgIpc) is 2.94. The molecule has 2 aromatic heterocycles. The third kappa shape index (κ3) is 2.57. The molecule has 0 aliphatic heterocycles. The van der Waals surface area contributed by atoms with Crippen LogP contribution in [0.2, 0.25) is 0 Å². The lowest BCUT2D eigenvalue weighted by atomic mass is 9.74. The molecule has 0 bridgehead atoms. The lowest BCUT2D eigenvalue weighted by Crippen LogP contribution is -2.30. The molecule has 20 heavy (non-hydrogen) atoms. The summed E-state index contributed by atoms with van der Waals surface area (Å²) < 4.78 is 2.49. The van der Waals surface area contributed by atoms with Crippen molar-refractivity contribution < 1.29 is 0 Å². The summed E-state index contributed by atoms with van der Waals surface area (Å²) in [4.78, 5) is 0. The first-order chi connectivity index (χ1) is 9.46. The van der Waals surface area contributed by atoms with Crippen LogP contribution in [0.3, 0.4) is 0 Å². The minimum atomic E-state index is 0.204. The first kappa shape index (κ1) is 13.9. The fourth-order valence-corrected chi connectivity index (χ4v) is 4.19. The maximum Gasteiger partial charge on any atom is 0.0318 e. The van der Waals surface area contributed by atoms with Crippen molar-refractivity contribution in [3.63, 3.8) is 0 Å². The highest BCUT2D eigenvalue weighted by atomic mass is 32.1. The first-order valence-corrected chi connectivity index (χ1v) is 8.36. The molecule has 2 N–H and O–H groups in total. The highest BCUT2D eigenvalue weighted by Crippen LogP contribution is 2.40. The van der Waals surface area contributed by atoms with Crippen LogP contribution in [0.25, 0.3) is 0 Å². The van der Waals surface area contributed by atoms with Gasteiger partial charge in [0.25, 0.3) is 0 Å². The van der Waals surface area contributed by atoms with Gasteiger partial charge in [-0.2, -0.15) is 11.3 Å². The summed E-state index contributed by atoms with van der Waals surface area (Å²) in [5.41, 5.74) is 12.4. The van der Waals surface area contributed by atoms with Crippen LogP contribution < -0.4 is 5.73 Å². The van der Waals surface area contributed by atoms with Gasteiger partial charge in [-0.15, -0.1) is 0 Å². The minimum Gasteiger partial charge on any atom is -0.348 e. The molecule has 3 rings (SSSR count). The van der Waals surface area contributed by atoms with Gasteiger partial charge in [0.2, 0.25) is 0 Å². The lowest BCUT2D eigenvalue weighted by molar-refractivity contribution is 0.275. The van der Waals surface area contributed by atoms with Crippen LogP contribution in [-0.4, -0.2) is 4.57 Å². The van der Waals surface area contributed by atoms with Crippen molar-refractivity contribution in [3.8, 4) is 0 Å². The molecule has 108 valence electrons. The zero-order chi connectivity index (χ0) is 14.3. The Labute approximate surface area is 125 Å². The SMILES string of the molecule is Cc1cc2c(n1CCc1ccsc1)CC(C)(C)CC2N. The number of aryl methyl sites for hydroxylation is 2. The molecular formula is C17H24N2S. The molecule has 0 radical (unpaired) electrons. The molecule has 3 heteroatoms. The second-order valence-electron chi connectivity index (χ2n) is 6.87. The molecule has 1 aliphatic rings. The maximum absolute atomic E-state index is 6.38. The Morgan fingerprint density at radius 1 is 1.45 bits per heavy atom. The van der Waals surface area contributed by atoms with Gasteiger partial charge in [0.15, 0.2) is 0 Å². The van der Waals surface area contributed by atoms with Gasteiger partial charge in [0.1, 0.15) is 0 Å². The fourth-order valence-electron chi connectivity index (χ4n) is 3.49. The summed E-state index contributed by atoms with van der Waals surface area (Å²) in [5, 5.41) is 4.41. The summed E-state index contributed by atoms with van der Waals surface area (Å²) in [7, 11) is 0. The number of fused-ring (bicyclic) bond motifs is 1. The second kappa shape index (κ2) is 5.05. The van der Waals surface area contributed by atoms with E-state index in [1.807, 2.05) is 0 Å². The number of hydrogen-bond donors (Lipinski definition) is 1. The zero-order valence-electron chi connectivity index (χ0n) is 12.6. The smallest absolute Gasteiger partial charge is 0.0318 e. The quantitative estimate of drug-likeness (QED) is 0.906. The third-order valence-electron chi connectivity index (χ3n) is 4.47. The van der Waals surface area contributed by atoms with Crippen molar-refractivity contribution in [2.45, 2.75) is 52.6 Å². The Balaban J connectivity index is 1.88. The average molecular weight is 288 g/mol. The number of aromatic nitrogens is 1. The van der Waals surface area contributed by atoms with Crippen LogP contribution in [0.15, 0.2) is 22.9 Å². The number of hydrogen-bond acceptors (Lipinski definition) is 2. The van der Waals surface area contributed by atoms with Crippen molar-refractivity contribution in [2.75, 3.05) is 0 Å². The van der Waals surface area contributed by atoms with E-state index < -0.39 is 0 Å². The predicted octanol–water partition coefficient (Wildman–Crippen LogP) is 4.07. The highest BCUT2D eigenvalue weighted by molar-refractivity contribution is 7.07. The van der Waals surface area contributed by atoms with E-state index in [4.69, 9.17) is 5.73 Å². The van der Waals surface area contributed by atoms with Crippen LogP contribution in [0.4, 0.5) is 0 Å². The molecule has 0 saturated carbocycles. The van der Waals surface area contributed by atoms with Gasteiger partial charge in [-0.3, -0.25) is 0 Å². The number of nitrogens with zero attached hydrogens (tertiary/aromatic N) is 1. The fraction of sp³-hybridized carbons (Fsp3) is 0.529. The van der Waals surface area contributed by atoms with E-state index in [0.29, 0.717) is 5.41 Å². The Morgan fingerprint density at radius 3 is 2.95 bits per heavy atom. The normalized spacial score (nSPS) is 20.9. The Morgan fingerprint density at radius 2 is 2.25 bits per heavy atom. The van der Waals surface area contributed by atoms with Gasteiger partial charge >= 0.3 is 0 Å². The van der Waals surface area contributed by atoms with Crippen LogP contribution in [0.1, 0.15) is 48.8 Å². The van der Waals surface area contributed by atoms with Gasteiger partial charge in [-0.25, -0.2) is 0 Å². The molecule has 0 aromatic carbocycles. The van der Waals surface area contributed by atoms with Crippen molar-refractivity contribution in [1.29, 1.82) is 0 Å². The van der Waals surface area contributed by atoms with Crippen molar-refractivity contribution in [2.24, 2.45) is 11.1 Å². The molecule has 0 amide bonds. The standard InChI is InChI=1S/C17H24N2S/c1-12-8-14-15(18)9-17(2,3)10-16(14)19(12)6-4-13-5-7-20-11-13/h5,7-8,11,15H,4,6,9-10,18H2,1-3H3. The summed E-state index contributed by atoms with van der Waals surface area (Å²) >= 11 is 1.78. The third-order valence-corrected chi connectivity index (χ3v) is 5.20. The Bertz CT molecular complexity index is 593. The molecule has 1 unspecified atom stereocenters. The van der Waals surface area contributed by atoms with Crippen LogP contribution in [0, 0.1) is 12.3 Å². The van der Waals surface area contributed by atoms with Crippen LogP contribution in [-0.2, 0) is 19.4 Å². The van der Waals surface area contributed by atoms with Crippen LogP contribution >= 0.6 is 11.3 Å². The van der Waals surface area contributed by atoms with Crippen molar-refractivity contribution in [3.05, 3.63) is 45.4 Å². The minimum absolute atomic E-state index is 0.204. The van der Waals surface area contributed by atoms with E-state index in [0.717, 1.165) is 25.8 Å². The molecule has 2 aromatic rings. The summed E-state index contributed by atoms with van der Waals surface area (Å²) in [6.45, 7) is 7.95. The molecule has 1 atom stereocenters. The Kier molecular flexibility index (Phi) is 3.51. The number of thiophene rings is 1. The first-order valence-electron chi connectivity index (χ1n) is 7.42.